The lowest BCUT2D eigenvalue weighted by Gasteiger charge is -2.29. The molecule has 5 heteroatoms. The summed E-state index contributed by atoms with van der Waals surface area (Å²) in [6.07, 6.45) is 9.68. The average molecular weight is 312 g/mol. The van der Waals surface area contributed by atoms with Crippen molar-refractivity contribution in [1.29, 1.82) is 0 Å². The third-order valence-electron chi connectivity index (χ3n) is 4.99. The van der Waals surface area contributed by atoms with E-state index in [0.717, 1.165) is 36.5 Å². The van der Waals surface area contributed by atoms with E-state index in [1.54, 1.807) is 0 Å². The summed E-state index contributed by atoms with van der Waals surface area (Å²) in [6, 6.07) is 6.94. The Bertz CT molecular complexity index is 669. The van der Waals surface area contributed by atoms with Crippen LogP contribution in [0.2, 0.25) is 0 Å². The van der Waals surface area contributed by atoms with Crippen LogP contribution < -0.4 is 5.32 Å². The van der Waals surface area contributed by atoms with Crippen molar-refractivity contribution in [2.45, 2.75) is 51.1 Å². The van der Waals surface area contributed by atoms with Gasteiger partial charge >= 0.3 is 6.03 Å². The molecule has 4 rings (SSSR count). The first kappa shape index (κ1) is 14.5. The molecule has 2 saturated carbocycles. The first-order valence-electron chi connectivity index (χ1n) is 8.71. The van der Waals surface area contributed by atoms with Gasteiger partial charge in [0, 0.05) is 37.4 Å². The predicted octanol–water partition coefficient (Wildman–Crippen LogP) is 2.85. The van der Waals surface area contributed by atoms with E-state index in [0.29, 0.717) is 18.6 Å². The normalized spacial score (nSPS) is 18.8. The van der Waals surface area contributed by atoms with Crippen molar-refractivity contribution >= 4 is 11.7 Å². The Labute approximate surface area is 136 Å². The lowest BCUT2D eigenvalue weighted by Crippen LogP contribution is -2.47. The van der Waals surface area contributed by atoms with Gasteiger partial charge in [-0.05, 0) is 50.7 Å². The maximum absolute atomic E-state index is 12.5. The molecule has 0 radical (unpaired) electrons. The van der Waals surface area contributed by atoms with Crippen LogP contribution in [-0.4, -0.2) is 38.9 Å². The monoisotopic (exact) mass is 312 g/mol. The number of amides is 2. The zero-order valence-corrected chi connectivity index (χ0v) is 13.6. The molecule has 2 aliphatic rings. The van der Waals surface area contributed by atoms with E-state index in [9.17, 15) is 4.79 Å². The van der Waals surface area contributed by atoms with Crippen LogP contribution in [0.3, 0.4) is 0 Å². The number of urea groups is 1. The third-order valence-corrected chi connectivity index (χ3v) is 4.99. The van der Waals surface area contributed by atoms with Gasteiger partial charge in [-0.1, -0.05) is 6.07 Å². The number of rotatable bonds is 6. The molecule has 0 unspecified atom stereocenters. The number of aromatic nitrogens is 2. The van der Waals surface area contributed by atoms with Crippen LogP contribution in [0.15, 0.2) is 30.6 Å². The summed E-state index contributed by atoms with van der Waals surface area (Å²) in [6.45, 7) is 2.85. The summed E-state index contributed by atoms with van der Waals surface area (Å²) in [7, 11) is 0. The number of nitrogens with zero attached hydrogens (tertiary/aromatic N) is 3. The maximum Gasteiger partial charge on any atom is 0.317 e. The Morgan fingerprint density at radius 3 is 2.91 bits per heavy atom. The van der Waals surface area contributed by atoms with Gasteiger partial charge in [0.1, 0.15) is 5.65 Å². The van der Waals surface area contributed by atoms with Crippen LogP contribution in [0.1, 0.15) is 38.3 Å². The van der Waals surface area contributed by atoms with Crippen molar-refractivity contribution < 1.29 is 4.79 Å². The van der Waals surface area contributed by atoms with Gasteiger partial charge in [0.15, 0.2) is 0 Å². The zero-order chi connectivity index (χ0) is 15.8. The molecule has 2 aromatic heterocycles. The molecule has 0 aliphatic heterocycles. The van der Waals surface area contributed by atoms with E-state index < -0.39 is 0 Å². The molecule has 1 N–H and O–H groups in total. The quantitative estimate of drug-likeness (QED) is 0.891. The number of carbonyl (C=O) groups is 1. The highest BCUT2D eigenvalue weighted by molar-refractivity contribution is 5.75. The number of nitrogens with one attached hydrogen (secondary N) is 1. The number of fused-ring (bicyclic) bond motifs is 1. The summed E-state index contributed by atoms with van der Waals surface area (Å²) in [4.78, 5) is 19.2. The number of hydrogen-bond acceptors (Lipinski definition) is 2. The molecule has 0 bridgehead atoms. The Morgan fingerprint density at radius 2 is 2.22 bits per heavy atom. The van der Waals surface area contributed by atoms with Gasteiger partial charge in [-0.15, -0.1) is 0 Å². The minimum atomic E-state index is 0.107. The van der Waals surface area contributed by atoms with E-state index in [2.05, 4.69) is 22.1 Å². The van der Waals surface area contributed by atoms with Crippen molar-refractivity contribution in [1.82, 2.24) is 19.6 Å². The smallest absolute Gasteiger partial charge is 0.317 e. The van der Waals surface area contributed by atoms with Crippen LogP contribution in [0.4, 0.5) is 4.79 Å². The molecular formula is C18H24N4O. The number of hydrogen-bond donors (Lipinski definition) is 1. The second kappa shape index (κ2) is 5.87. The van der Waals surface area contributed by atoms with Gasteiger partial charge in [-0.3, -0.25) is 0 Å². The first-order chi connectivity index (χ1) is 11.2. The van der Waals surface area contributed by atoms with Gasteiger partial charge in [-0.25, -0.2) is 9.78 Å². The molecule has 2 heterocycles. The largest absolute Gasteiger partial charge is 0.338 e. The Morgan fingerprint density at radius 1 is 1.39 bits per heavy atom. The fourth-order valence-corrected chi connectivity index (χ4v) is 3.34. The Balaban J connectivity index is 1.33. The molecule has 2 aliphatic carbocycles. The van der Waals surface area contributed by atoms with Crippen molar-refractivity contribution in [2.75, 3.05) is 6.54 Å². The molecule has 2 fully saturated rings. The van der Waals surface area contributed by atoms with Gasteiger partial charge in [0.25, 0.3) is 0 Å². The summed E-state index contributed by atoms with van der Waals surface area (Å²) in [5, 5.41) is 3.10. The number of pyridine rings is 1. The molecule has 2 aromatic rings. The Kier molecular flexibility index (Phi) is 3.71. The van der Waals surface area contributed by atoms with Crippen LogP contribution >= 0.6 is 0 Å². The highest BCUT2D eigenvalue weighted by Gasteiger charge is 2.41. The van der Waals surface area contributed by atoms with Gasteiger partial charge < -0.3 is 14.6 Å². The molecule has 0 saturated heterocycles. The van der Waals surface area contributed by atoms with E-state index in [1.165, 1.54) is 12.8 Å². The standard InChI is InChI=1S/C18H24N4O/c1-13(14-5-6-14)22(16-7-8-16)18(23)19-10-9-15-12-21-11-3-2-4-17(21)20-15/h2-4,11-14,16H,5-10H2,1H3,(H,19,23)/t13-/m1/s1. The number of carbonyl (C=O) groups excluding carboxylic acids is 1. The summed E-state index contributed by atoms with van der Waals surface area (Å²) < 4.78 is 2.02. The first-order valence-corrected chi connectivity index (χ1v) is 8.71. The van der Waals surface area contributed by atoms with Crippen LogP contribution in [0.25, 0.3) is 5.65 Å². The predicted molar refractivity (Wildman–Crippen MR) is 89.3 cm³/mol. The zero-order valence-electron chi connectivity index (χ0n) is 13.6. The lowest BCUT2D eigenvalue weighted by atomic mass is 10.2. The van der Waals surface area contributed by atoms with E-state index >= 15 is 0 Å². The van der Waals surface area contributed by atoms with Gasteiger partial charge in [-0.2, -0.15) is 0 Å². The second-order valence-electron chi connectivity index (χ2n) is 6.90. The van der Waals surface area contributed by atoms with Crippen LogP contribution in [-0.2, 0) is 6.42 Å². The van der Waals surface area contributed by atoms with E-state index in [4.69, 9.17) is 0 Å². The molecular weight excluding hydrogens is 288 g/mol. The van der Waals surface area contributed by atoms with Crippen molar-refractivity contribution in [3.63, 3.8) is 0 Å². The second-order valence-corrected chi connectivity index (χ2v) is 6.90. The SMILES string of the molecule is C[C@H](C1CC1)N(C(=O)NCCc1cn2ccccc2n1)C1CC1. The van der Waals surface area contributed by atoms with Crippen molar-refractivity contribution in [3.05, 3.63) is 36.3 Å². The summed E-state index contributed by atoms with van der Waals surface area (Å²) >= 11 is 0. The molecule has 23 heavy (non-hydrogen) atoms. The molecule has 2 amide bonds. The Hall–Kier alpha value is -2.04. The fraction of sp³-hybridized carbons (Fsp3) is 0.556. The molecule has 5 nitrogen and oxygen atoms in total. The van der Waals surface area contributed by atoms with Crippen LogP contribution in [0.5, 0.6) is 0 Å². The summed E-state index contributed by atoms with van der Waals surface area (Å²) in [5.74, 6) is 0.722. The summed E-state index contributed by atoms with van der Waals surface area (Å²) in [5.41, 5.74) is 1.97. The maximum atomic E-state index is 12.5. The van der Waals surface area contributed by atoms with Crippen LogP contribution in [0, 0.1) is 5.92 Å². The number of imidazole rings is 1. The topological polar surface area (TPSA) is 49.6 Å². The fourth-order valence-electron chi connectivity index (χ4n) is 3.34. The lowest BCUT2D eigenvalue weighted by molar-refractivity contribution is 0.167. The molecule has 1 atom stereocenters. The average Bonchev–Trinajstić information content (AvgIpc) is 3.44. The van der Waals surface area contributed by atoms with E-state index in [1.807, 2.05) is 35.0 Å². The molecule has 0 aromatic carbocycles. The van der Waals surface area contributed by atoms with Gasteiger partial charge in [0.05, 0.1) is 5.69 Å². The third kappa shape index (κ3) is 3.19. The highest BCUT2D eigenvalue weighted by atomic mass is 16.2. The highest BCUT2D eigenvalue weighted by Crippen LogP contribution is 2.39. The molecule has 122 valence electrons. The van der Waals surface area contributed by atoms with Crippen molar-refractivity contribution in [3.8, 4) is 0 Å². The minimum absolute atomic E-state index is 0.107. The van der Waals surface area contributed by atoms with E-state index in [-0.39, 0.29) is 6.03 Å². The van der Waals surface area contributed by atoms with Gasteiger partial charge in [0.2, 0.25) is 0 Å². The van der Waals surface area contributed by atoms with Crippen molar-refractivity contribution in [2.24, 2.45) is 5.92 Å². The molecule has 0 spiro atoms. The minimum Gasteiger partial charge on any atom is -0.338 e.